The van der Waals surface area contributed by atoms with Gasteiger partial charge < -0.3 is 19.5 Å². The number of rotatable bonds is 8. The lowest BCUT2D eigenvalue weighted by Gasteiger charge is -2.17. The molecule has 0 spiro atoms. The van der Waals surface area contributed by atoms with Gasteiger partial charge in [-0.3, -0.25) is 9.59 Å². The van der Waals surface area contributed by atoms with Crippen molar-refractivity contribution in [2.24, 2.45) is 0 Å². The van der Waals surface area contributed by atoms with E-state index in [1.54, 1.807) is 12.1 Å². The van der Waals surface area contributed by atoms with Crippen LogP contribution in [0.1, 0.15) is 25.3 Å². The molecule has 27 heavy (non-hydrogen) atoms. The third-order valence-electron chi connectivity index (χ3n) is 4.34. The van der Waals surface area contributed by atoms with E-state index in [-0.39, 0.29) is 17.9 Å². The molecule has 9 heteroatoms. The number of hydrogen-bond donors (Lipinski definition) is 1. The van der Waals surface area contributed by atoms with Crippen LogP contribution in [-0.2, 0) is 30.6 Å². The normalized spacial score (nSPS) is 19.1. The second-order valence-electron chi connectivity index (χ2n) is 6.39. The molecule has 1 aliphatic heterocycles. The second-order valence-corrected chi connectivity index (χ2v) is 8.62. The van der Waals surface area contributed by atoms with Crippen molar-refractivity contribution < 1.29 is 32.2 Å². The fourth-order valence-electron chi connectivity index (χ4n) is 2.92. The standard InChI is InChI=1S/C18H25NO7S/c1-12(18(21)19-14-9-10-27(22,23)11-14)26-16(20)8-7-13-5-4-6-15(24-2)17(13)25-3/h4-6,12,14H,7-11H2,1-3H3,(H,19,21)/t12-,14-/m0/s1. The van der Waals surface area contributed by atoms with Gasteiger partial charge >= 0.3 is 5.97 Å². The smallest absolute Gasteiger partial charge is 0.306 e. The van der Waals surface area contributed by atoms with E-state index >= 15 is 0 Å². The molecule has 1 aromatic carbocycles. The first-order valence-corrected chi connectivity index (χ1v) is 10.5. The molecule has 0 radical (unpaired) electrons. The van der Waals surface area contributed by atoms with Crippen molar-refractivity contribution in [2.75, 3.05) is 25.7 Å². The number of para-hydroxylation sites is 1. The number of methoxy groups -OCH3 is 2. The molecule has 8 nitrogen and oxygen atoms in total. The molecule has 1 aliphatic rings. The van der Waals surface area contributed by atoms with Crippen LogP contribution in [0.15, 0.2) is 18.2 Å². The first-order chi connectivity index (χ1) is 12.8. The minimum absolute atomic E-state index is 0.0640. The summed E-state index contributed by atoms with van der Waals surface area (Å²) in [6, 6.07) is 4.96. The monoisotopic (exact) mass is 399 g/mol. The van der Waals surface area contributed by atoms with Crippen LogP contribution in [0, 0.1) is 0 Å². The van der Waals surface area contributed by atoms with E-state index in [0.717, 1.165) is 5.56 Å². The molecule has 1 aromatic rings. The van der Waals surface area contributed by atoms with Crippen molar-refractivity contribution in [3.63, 3.8) is 0 Å². The van der Waals surface area contributed by atoms with Gasteiger partial charge in [0.2, 0.25) is 0 Å². The van der Waals surface area contributed by atoms with Crippen molar-refractivity contribution >= 4 is 21.7 Å². The molecule has 1 heterocycles. The molecule has 1 amide bonds. The van der Waals surface area contributed by atoms with Gasteiger partial charge in [-0.05, 0) is 31.4 Å². The van der Waals surface area contributed by atoms with Crippen molar-refractivity contribution in [2.45, 2.75) is 38.3 Å². The Morgan fingerprint density at radius 2 is 2.00 bits per heavy atom. The third kappa shape index (κ3) is 5.85. The Kier molecular flexibility index (Phi) is 7.06. The van der Waals surface area contributed by atoms with Crippen LogP contribution in [-0.4, -0.2) is 58.2 Å². The summed E-state index contributed by atoms with van der Waals surface area (Å²) in [6.07, 6.45) is -0.175. The van der Waals surface area contributed by atoms with Crippen LogP contribution in [0.4, 0.5) is 0 Å². The fourth-order valence-corrected chi connectivity index (χ4v) is 4.60. The van der Waals surface area contributed by atoms with Gasteiger partial charge in [-0.1, -0.05) is 12.1 Å². The lowest BCUT2D eigenvalue weighted by atomic mass is 10.1. The zero-order chi connectivity index (χ0) is 20.0. The van der Waals surface area contributed by atoms with Crippen LogP contribution < -0.4 is 14.8 Å². The summed E-state index contributed by atoms with van der Waals surface area (Å²) >= 11 is 0. The molecule has 150 valence electrons. The van der Waals surface area contributed by atoms with Crippen molar-refractivity contribution in [1.29, 1.82) is 0 Å². The van der Waals surface area contributed by atoms with Gasteiger partial charge in [0.25, 0.3) is 5.91 Å². The lowest BCUT2D eigenvalue weighted by molar-refractivity contribution is -0.155. The van der Waals surface area contributed by atoms with Gasteiger partial charge in [0.05, 0.1) is 25.7 Å². The van der Waals surface area contributed by atoms with Gasteiger partial charge in [0.1, 0.15) is 0 Å². The zero-order valence-electron chi connectivity index (χ0n) is 15.7. The van der Waals surface area contributed by atoms with Gasteiger partial charge in [-0.15, -0.1) is 0 Å². The molecule has 0 bridgehead atoms. The number of amides is 1. The summed E-state index contributed by atoms with van der Waals surface area (Å²) in [5.74, 6) is 0.0958. The number of aryl methyl sites for hydroxylation is 1. The summed E-state index contributed by atoms with van der Waals surface area (Å²) in [6.45, 7) is 1.46. The Bertz CT molecular complexity index is 791. The second kappa shape index (κ2) is 9.07. The first kappa shape index (κ1) is 21.0. The van der Waals surface area contributed by atoms with Crippen LogP contribution in [0.25, 0.3) is 0 Å². The minimum Gasteiger partial charge on any atom is -0.493 e. The fraction of sp³-hybridized carbons (Fsp3) is 0.556. The van der Waals surface area contributed by atoms with E-state index in [2.05, 4.69) is 5.32 Å². The lowest BCUT2D eigenvalue weighted by Crippen LogP contribution is -2.42. The Hall–Kier alpha value is -2.29. The van der Waals surface area contributed by atoms with Crippen molar-refractivity contribution in [1.82, 2.24) is 5.32 Å². The number of esters is 1. The molecule has 0 aromatic heterocycles. The number of nitrogens with one attached hydrogen (secondary N) is 1. The van der Waals surface area contributed by atoms with Crippen molar-refractivity contribution in [3.05, 3.63) is 23.8 Å². The number of carbonyl (C=O) groups excluding carboxylic acids is 2. The summed E-state index contributed by atoms with van der Waals surface area (Å²) in [5, 5.41) is 2.61. The van der Waals surface area contributed by atoms with Gasteiger partial charge in [0, 0.05) is 12.5 Å². The number of benzene rings is 1. The average Bonchev–Trinajstić information content (AvgIpc) is 2.97. The van der Waals surface area contributed by atoms with Crippen molar-refractivity contribution in [3.8, 4) is 11.5 Å². The maximum absolute atomic E-state index is 12.1. The van der Waals surface area contributed by atoms with Gasteiger partial charge in [-0.2, -0.15) is 0 Å². The first-order valence-electron chi connectivity index (χ1n) is 8.66. The molecule has 1 fully saturated rings. The van der Waals surface area contributed by atoms with E-state index in [0.29, 0.717) is 24.3 Å². The predicted octanol–water partition coefficient (Wildman–Crippen LogP) is 0.871. The number of carbonyl (C=O) groups is 2. The number of hydrogen-bond acceptors (Lipinski definition) is 7. The molecule has 2 atom stereocenters. The highest BCUT2D eigenvalue weighted by atomic mass is 32.2. The maximum atomic E-state index is 12.1. The largest absolute Gasteiger partial charge is 0.493 e. The topological polar surface area (TPSA) is 108 Å². The minimum atomic E-state index is -3.09. The molecule has 1 N–H and O–H groups in total. The highest BCUT2D eigenvalue weighted by Gasteiger charge is 2.30. The maximum Gasteiger partial charge on any atom is 0.306 e. The highest BCUT2D eigenvalue weighted by Crippen LogP contribution is 2.31. The molecular weight excluding hydrogens is 374 g/mol. The van der Waals surface area contributed by atoms with E-state index in [1.807, 2.05) is 6.07 Å². The third-order valence-corrected chi connectivity index (χ3v) is 6.11. The van der Waals surface area contributed by atoms with Crippen LogP contribution in [0.2, 0.25) is 0 Å². The Balaban J connectivity index is 1.84. The highest BCUT2D eigenvalue weighted by molar-refractivity contribution is 7.91. The van der Waals surface area contributed by atoms with Crippen LogP contribution in [0.5, 0.6) is 11.5 Å². The quantitative estimate of drug-likeness (QED) is 0.646. The summed E-state index contributed by atoms with van der Waals surface area (Å²) in [7, 11) is -0.0295. The van der Waals surface area contributed by atoms with Gasteiger partial charge in [-0.25, -0.2) is 8.42 Å². The predicted molar refractivity (Wildman–Crippen MR) is 98.6 cm³/mol. The van der Waals surface area contributed by atoms with E-state index in [1.165, 1.54) is 21.1 Å². The number of ether oxygens (including phenoxy) is 3. The summed E-state index contributed by atoms with van der Waals surface area (Å²) in [4.78, 5) is 24.1. The number of sulfone groups is 1. The van der Waals surface area contributed by atoms with Crippen LogP contribution >= 0.6 is 0 Å². The summed E-state index contributed by atoms with van der Waals surface area (Å²) in [5.41, 5.74) is 0.794. The van der Waals surface area contributed by atoms with Gasteiger partial charge in [0.15, 0.2) is 27.4 Å². The van der Waals surface area contributed by atoms with E-state index in [9.17, 15) is 18.0 Å². The Morgan fingerprint density at radius 1 is 1.26 bits per heavy atom. The Labute approximate surface area is 159 Å². The molecular formula is C18H25NO7S. The SMILES string of the molecule is COc1cccc(CCC(=O)O[C@@H](C)C(=O)N[C@H]2CCS(=O)(=O)C2)c1OC. The average molecular weight is 399 g/mol. The molecule has 0 saturated carbocycles. The van der Waals surface area contributed by atoms with E-state index in [4.69, 9.17) is 14.2 Å². The van der Waals surface area contributed by atoms with E-state index < -0.39 is 33.9 Å². The molecule has 0 unspecified atom stereocenters. The molecule has 2 rings (SSSR count). The van der Waals surface area contributed by atoms with Crippen LogP contribution in [0.3, 0.4) is 0 Å². The molecule has 0 aliphatic carbocycles. The Morgan fingerprint density at radius 3 is 2.59 bits per heavy atom. The summed E-state index contributed by atoms with van der Waals surface area (Å²) < 4.78 is 38.6. The molecule has 1 saturated heterocycles. The zero-order valence-corrected chi connectivity index (χ0v) is 16.5.